The fourth-order valence-electron chi connectivity index (χ4n) is 4.42. The molecule has 3 aromatic rings. The predicted molar refractivity (Wildman–Crippen MR) is 132 cm³/mol. The maximum Gasteiger partial charge on any atom is 0.343 e. The molecule has 1 aliphatic heterocycles. The molecule has 0 unspecified atom stereocenters. The van der Waals surface area contributed by atoms with E-state index in [0.717, 1.165) is 12.0 Å². The Bertz CT molecular complexity index is 1260. The third-order valence-electron chi connectivity index (χ3n) is 6.32. The van der Waals surface area contributed by atoms with Gasteiger partial charge >= 0.3 is 5.97 Å². The van der Waals surface area contributed by atoms with Gasteiger partial charge < -0.3 is 18.8 Å². The van der Waals surface area contributed by atoms with E-state index in [1.54, 1.807) is 29.1 Å². The smallest absolute Gasteiger partial charge is 0.343 e. The third kappa shape index (κ3) is 5.91. The summed E-state index contributed by atoms with van der Waals surface area (Å²) in [5.41, 5.74) is 2.24. The lowest BCUT2D eigenvalue weighted by Gasteiger charge is -2.20. The van der Waals surface area contributed by atoms with Crippen molar-refractivity contribution in [2.75, 3.05) is 33.9 Å². The van der Waals surface area contributed by atoms with Crippen LogP contribution in [0.4, 0.5) is 4.39 Å². The van der Waals surface area contributed by atoms with Gasteiger partial charge in [0.1, 0.15) is 22.9 Å². The van der Waals surface area contributed by atoms with Crippen LogP contribution in [0.5, 0.6) is 11.5 Å². The minimum Gasteiger partial charge on any atom is -0.497 e. The number of rotatable bonds is 9. The number of hydrogen-bond donors (Lipinski definition) is 0. The van der Waals surface area contributed by atoms with Crippen molar-refractivity contribution < 1.29 is 23.4 Å². The average Bonchev–Trinajstić information content (AvgIpc) is 3.11. The van der Waals surface area contributed by atoms with E-state index in [1.165, 1.54) is 26.4 Å². The number of pyridine rings is 2. The Morgan fingerprint density at radius 2 is 2.00 bits per heavy atom. The van der Waals surface area contributed by atoms with Crippen LogP contribution in [0.1, 0.15) is 33.6 Å². The van der Waals surface area contributed by atoms with Crippen molar-refractivity contribution in [2.45, 2.75) is 32.4 Å². The van der Waals surface area contributed by atoms with Crippen molar-refractivity contribution >= 4 is 5.97 Å². The number of benzene rings is 1. The number of hydrogen-bond acceptors (Lipinski definition) is 7. The van der Waals surface area contributed by atoms with E-state index in [4.69, 9.17) is 14.2 Å². The number of esters is 1. The second kappa shape index (κ2) is 11.8. The molecule has 2 aromatic heterocycles. The van der Waals surface area contributed by atoms with E-state index in [2.05, 4.69) is 9.88 Å². The van der Waals surface area contributed by atoms with Crippen molar-refractivity contribution in [3.8, 4) is 11.5 Å². The van der Waals surface area contributed by atoms with Crippen LogP contribution < -0.4 is 15.0 Å². The molecule has 0 atom stereocenters. The molecule has 0 saturated carbocycles. The van der Waals surface area contributed by atoms with Crippen molar-refractivity contribution in [3.63, 3.8) is 0 Å². The number of halogens is 1. The number of carbonyl (C=O) groups is 1. The first-order valence-corrected chi connectivity index (χ1v) is 11.9. The highest BCUT2D eigenvalue weighted by atomic mass is 19.1. The summed E-state index contributed by atoms with van der Waals surface area (Å²) in [6.07, 6.45) is 5.41. The minimum atomic E-state index is -0.546. The number of aryl methyl sites for hydroxylation is 1. The molecule has 0 fully saturated rings. The number of methoxy groups -OCH3 is 2. The van der Waals surface area contributed by atoms with Gasteiger partial charge in [-0.15, -0.1) is 0 Å². The molecule has 0 amide bonds. The van der Waals surface area contributed by atoms with Gasteiger partial charge in [0, 0.05) is 68.4 Å². The predicted octanol–water partition coefficient (Wildman–Crippen LogP) is 3.25. The summed E-state index contributed by atoms with van der Waals surface area (Å²) < 4.78 is 32.1. The van der Waals surface area contributed by atoms with Gasteiger partial charge in [-0.3, -0.25) is 14.7 Å². The third-order valence-corrected chi connectivity index (χ3v) is 6.32. The second-order valence-corrected chi connectivity index (χ2v) is 8.61. The number of aromatic nitrogens is 2. The highest BCUT2D eigenvalue weighted by molar-refractivity contribution is 5.93. The van der Waals surface area contributed by atoms with Crippen molar-refractivity contribution in [1.29, 1.82) is 0 Å². The molecular formula is C27H30FN3O5. The van der Waals surface area contributed by atoms with Crippen LogP contribution in [-0.4, -0.2) is 54.3 Å². The summed E-state index contributed by atoms with van der Waals surface area (Å²) in [5, 5.41) is 0. The van der Waals surface area contributed by atoms with E-state index in [-0.39, 0.29) is 22.7 Å². The molecule has 3 heterocycles. The number of carbonyl (C=O) groups excluding carboxylic acids is 1. The molecule has 8 nitrogen and oxygen atoms in total. The van der Waals surface area contributed by atoms with Crippen LogP contribution in [0.25, 0.3) is 0 Å². The van der Waals surface area contributed by atoms with Crippen molar-refractivity contribution in [3.05, 3.63) is 87.3 Å². The summed E-state index contributed by atoms with van der Waals surface area (Å²) in [6.45, 7) is 2.16. The Labute approximate surface area is 209 Å². The molecule has 190 valence electrons. The lowest BCUT2D eigenvalue weighted by molar-refractivity contribution is 0.0593. The summed E-state index contributed by atoms with van der Waals surface area (Å²) in [4.78, 5) is 31.9. The molecule has 0 radical (unpaired) electrons. The molecule has 0 bridgehead atoms. The average molecular weight is 496 g/mol. The monoisotopic (exact) mass is 495 g/mol. The first kappa shape index (κ1) is 25.4. The van der Waals surface area contributed by atoms with Crippen LogP contribution in [0.2, 0.25) is 0 Å². The molecular weight excluding hydrogens is 465 g/mol. The Morgan fingerprint density at radius 1 is 1.14 bits per heavy atom. The number of nitrogens with zero attached hydrogens (tertiary/aromatic N) is 3. The maximum atomic E-state index is 14.5. The molecule has 1 aliphatic rings. The van der Waals surface area contributed by atoms with Crippen LogP contribution in [0.15, 0.2) is 53.6 Å². The largest absolute Gasteiger partial charge is 0.497 e. The van der Waals surface area contributed by atoms with Gasteiger partial charge in [-0.2, -0.15) is 0 Å². The fourth-order valence-corrected chi connectivity index (χ4v) is 4.42. The Balaban J connectivity index is 1.50. The zero-order chi connectivity index (χ0) is 25.5. The molecule has 9 heteroatoms. The molecule has 0 N–H and O–H groups in total. The minimum absolute atomic E-state index is 0.235. The van der Waals surface area contributed by atoms with Gasteiger partial charge in [-0.05, 0) is 30.5 Å². The van der Waals surface area contributed by atoms with E-state index in [1.807, 2.05) is 12.1 Å². The van der Waals surface area contributed by atoms with Gasteiger partial charge in [0.2, 0.25) is 0 Å². The quantitative estimate of drug-likeness (QED) is 0.333. The van der Waals surface area contributed by atoms with Gasteiger partial charge in [0.05, 0.1) is 20.8 Å². The SMILES string of the molecule is COC(=O)c1c(OCCCc2cccnc2)cc(=O)n2c1CCN(Cc1ccc(OC)cc1F)CC2. The normalized spacial score (nSPS) is 13.5. The first-order chi connectivity index (χ1) is 17.5. The Hall–Kier alpha value is -3.72. The van der Waals surface area contributed by atoms with Crippen LogP contribution in [0, 0.1) is 5.82 Å². The van der Waals surface area contributed by atoms with Gasteiger partial charge in [-0.1, -0.05) is 12.1 Å². The van der Waals surface area contributed by atoms with Crippen molar-refractivity contribution in [1.82, 2.24) is 14.5 Å². The number of fused-ring (bicyclic) bond motifs is 1. The zero-order valence-electron chi connectivity index (χ0n) is 20.5. The molecule has 1 aromatic carbocycles. The van der Waals surface area contributed by atoms with Gasteiger partial charge in [0.15, 0.2) is 0 Å². The van der Waals surface area contributed by atoms with Crippen LogP contribution >= 0.6 is 0 Å². The summed E-state index contributed by atoms with van der Waals surface area (Å²) in [5.74, 6) is -0.193. The van der Waals surface area contributed by atoms with Gasteiger partial charge in [0.25, 0.3) is 5.56 Å². The van der Waals surface area contributed by atoms with E-state index < -0.39 is 5.97 Å². The summed E-state index contributed by atoms with van der Waals surface area (Å²) in [6, 6.07) is 10.0. The summed E-state index contributed by atoms with van der Waals surface area (Å²) in [7, 11) is 2.81. The fraction of sp³-hybridized carbons (Fsp3) is 0.370. The Morgan fingerprint density at radius 3 is 2.72 bits per heavy atom. The van der Waals surface area contributed by atoms with Crippen molar-refractivity contribution in [2.24, 2.45) is 0 Å². The lowest BCUT2D eigenvalue weighted by atomic mass is 10.1. The summed E-state index contributed by atoms with van der Waals surface area (Å²) >= 11 is 0. The van der Waals surface area contributed by atoms with E-state index in [0.29, 0.717) is 62.6 Å². The van der Waals surface area contributed by atoms with E-state index in [9.17, 15) is 14.0 Å². The molecule has 36 heavy (non-hydrogen) atoms. The molecule has 0 spiro atoms. The maximum absolute atomic E-state index is 14.5. The standard InChI is InChI=1S/C27H30FN3O5/c1-34-21-8-7-20(22(28)15-21)18-30-11-9-23-26(27(33)35-2)24(16-25(32)31(23)13-12-30)36-14-4-6-19-5-3-10-29-17-19/h3,5,7-8,10,15-17H,4,6,9,11-14,18H2,1-2H3. The number of ether oxygens (including phenoxy) is 3. The topological polar surface area (TPSA) is 82.9 Å². The van der Waals surface area contributed by atoms with Crippen LogP contribution in [0.3, 0.4) is 0 Å². The molecule has 4 rings (SSSR count). The Kier molecular flexibility index (Phi) is 8.32. The molecule has 0 aliphatic carbocycles. The highest BCUT2D eigenvalue weighted by Gasteiger charge is 2.26. The zero-order valence-corrected chi connectivity index (χ0v) is 20.5. The van der Waals surface area contributed by atoms with E-state index >= 15 is 0 Å². The highest BCUT2D eigenvalue weighted by Crippen LogP contribution is 2.25. The van der Waals surface area contributed by atoms with Crippen LogP contribution in [-0.2, 0) is 30.7 Å². The second-order valence-electron chi connectivity index (χ2n) is 8.61. The lowest BCUT2D eigenvalue weighted by Crippen LogP contribution is -2.29. The molecule has 0 saturated heterocycles. The van der Waals surface area contributed by atoms with Gasteiger partial charge in [-0.25, -0.2) is 9.18 Å². The first-order valence-electron chi connectivity index (χ1n) is 11.9.